The Labute approximate surface area is 108 Å². The Balaban J connectivity index is 2.01. The van der Waals surface area contributed by atoms with Crippen LogP contribution in [0.2, 0.25) is 0 Å². The fourth-order valence-corrected chi connectivity index (χ4v) is 2.60. The molecule has 1 amide bonds. The maximum absolute atomic E-state index is 11.4. The lowest BCUT2D eigenvalue weighted by molar-refractivity contribution is -0.137. The standard InChI is InChI=1S/C10H14N4O3S/c1-14-8(3-2-7(11)15)12-13-10(14)18-6-4-5-17-9(6)16/h6H,2-5H2,1H3,(H2,11,15)/t6-/m0/s1. The van der Waals surface area contributed by atoms with Crippen LogP contribution >= 0.6 is 11.8 Å². The zero-order valence-electron chi connectivity index (χ0n) is 9.96. The van der Waals surface area contributed by atoms with Crippen molar-refractivity contribution in [3.05, 3.63) is 5.82 Å². The van der Waals surface area contributed by atoms with Gasteiger partial charge in [-0.2, -0.15) is 0 Å². The number of hydrogen-bond donors (Lipinski definition) is 1. The van der Waals surface area contributed by atoms with Crippen LogP contribution in [0.5, 0.6) is 0 Å². The summed E-state index contributed by atoms with van der Waals surface area (Å²) in [5, 5.41) is 8.43. The summed E-state index contributed by atoms with van der Waals surface area (Å²) in [6, 6.07) is 0. The summed E-state index contributed by atoms with van der Waals surface area (Å²) in [6.07, 6.45) is 1.38. The average molecular weight is 270 g/mol. The van der Waals surface area contributed by atoms with Gasteiger partial charge in [-0.1, -0.05) is 11.8 Å². The summed E-state index contributed by atoms with van der Waals surface area (Å²) >= 11 is 1.34. The van der Waals surface area contributed by atoms with E-state index in [0.29, 0.717) is 30.4 Å². The van der Waals surface area contributed by atoms with E-state index >= 15 is 0 Å². The van der Waals surface area contributed by atoms with E-state index in [9.17, 15) is 9.59 Å². The van der Waals surface area contributed by atoms with Crippen LogP contribution < -0.4 is 5.73 Å². The molecule has 1 aromatic rings. The zero-order chi connectivity index (χ0) is 13.1. The molecular formula is C10H14N4O3S. The van der Waals surface area contributed by atoms with E-state index in [1.807, 2.05) is 0 Å². The van der Waals surface area contributed by atoms with E-state index in [1.54, 1.807) is 11.6 Å². The normalized spacial score (nSPS) is 18.9. The molecule has 0 unspecified atom stereocenters. The lowest BCUT2D eigenvalue weighted by atomic mass is 10.3. The monoisotopic (exact) mass is 270 g/mol. The second kappa shape index (κ2) is 5.38. The van der Waals surface area contributed by atoms with Crippen LogP contribution in [0.25, 0.3) is 0 Å². The maximum Gasteiger partial charge on any atom is 0.319 e. The SMILES string of the molecule is Cn1c(CCC(N)=O)nnc1S[C@H]1CCOC1=O. The summed E-state index contributed by atoms with van der Waals surface area (Å²) < 4.78 is 6.66. The number of nitrogens with zero attached hydrogens (tertiary/aromatic N) is 3. The summed E-state index contributed by atoms with van der Waals surface area (Å²) in [4.78, 5) is 22.1. The van der Waals surface area contributed by atoms with Gasteiger partial charge in [-0.3, -0.25) is 9.59 Å². The maximum atomic E-state index is 11.4. The van der Waals surface area contributed by atoms with Crippen molar-refractivity contribution >= 4 is 23.6 Å². The third kappa shape index (κ3) is 2.81. The van der Waals surface area contributed by atoms with Crippen LogP contribution in [0, 0.1) is 0 Å². The van der Waals surface area contributed by atoms with E-state index < -0.39 is 0 Å². The zero-order valence-corrected chi connectivity index (χ0v) is 10.8. The average Bonchev–Trinajstić information content (AvgIpc) is 2.86. The molecule has 18 heavy (non-hydrogen) atoms. The van der Waals surface area contributed by atoms with Gasteiger partial charge in [0.25, 0.3) is 0 Å². The van der Waals surface area contributed by atoms with Crippen molar-refractivity contribution < 1.29 is 14.3 Å². The van der Waals surface area contributed by atoms with Crippen molar-refractivity contribution in [3.63, 3.8) is 0 Å². The van der Waals surface area contributed by atoms with Crippen molar-refractivity contribution in [3.8, 4) is 0 Å². The molecule has 0 spiro atoms. The topological polar surface area (TPSA) is 100 Å². The number of thioether (sulfide) groups is 1. The second-order valence-corrected chi connectivity index (χ2v) is 5.16. The molecule has 0 aromatic carbocycles. The summed E-state index contributed by atoms with van der Waals surface area (Å²) in [7, 11) is 1.80. The predicted octanol–water partition coefficient (Wildman–Crippen LogP) is -0.359. The molecule has 1 aliphatic heterocycles. The van der Waals surface area contributed by atoms with Gasteiger partial charge in [-0.05, 0) is 0 Å². The van der Waals surface area contributed by atoms with Crippen molar-refractivity contribution in [1.82, 2.24) is 14.8 Å². The van der Waals surface area contributed by atoms with Gasteiger partial charge in [-0.25, -0.2) is 0 Å². The van der Waals surface area contributed by atoms with Gasteiger partial charge in [0.15, 0.2) is 5.16 Å². The van der Waals surface area contributed by atoms with Crippen LogP contribution in [0.3, 0.4) is 0 Å². The fourth-order valence-electron chi connectivity index (χ4n) is 1.61. The minimum Gasteiger partial charge on any atom is -0.465 e. The number of rotatable bonds is 5. The van der Waals surface area contributed by atoms with Crippen molar-refractivity contribution in [1.29, 1.82) is 0 Å². The van der Waals surface area contributed by atoms with Gasteiger partial charge in [0.05, 0.1) is 6.61 Å². The van der Waals surface area contributed by atoms with Crippen LogP contribution in [-0.4, -0.2) is 38.5 Å². The molecule has 98 valence electrons. The quantitative estimate of drug-likeness (QED) is 0.733. The molecule has 2 rings (SSSR count). The molecule has 1 atom stereocenters. The number of carbonyl (C=O) groups is 2. The second-order valence-electron chi connectivity index (χ2n) is 3.99. The lowest BCUT2D eigenvalue weighted by Crippen LogP contribution is -2.13. The Bertz CT molecular complexity index is 474. The number of hydrogen-bond acceptors (Lipinski definition) is 6. The third-order valence-corrected chi connectivity index (χ3v) is 3.93. The number of primary amides is 1. The Morgan fingerprint density at radius 2 is 2.39 bits per heavy atom. The first kappa shape index (κ1) is 12.9. The molecule has 8 heteroatoms. The van der Waals surface area contributed by atoms with Crippen molar-refractivity contribution in [2.45, 2.75) is 29.7 Å². The smallest absolute Gasteiger partial charge is 0.319 e. The number of ether oxygens (including phenoxy) is 1. The molecule has 1 aliphatic rings. The molecular weight excluding hydrogens is 256 g/mol. The number of nitrogens with two attached hydrogens (primary N) is 1. The lowest BCUT2D eigenvalue weighted by Gasteiger charge is -2.05. The molecule has 1 fully saturated rings. The Kier molecular flexibility index (Phi) is 3.85. The molecule has 1 aromatic heterocycles. The van der Waals surface area contributed by atoms with E-state index in [-0.39, 0.29) is 23.5 Å². The van der Waals surface area contributed by atoms with E-state index in [1.165, 1.54) is 11.8 Å². The first-order chi connectivity index (χ1) is 8.58. The van der Waals surface area contributed by atoms with Crippen molar-refractivity contribution in [2.75, 3.05) is 6.61 Å². The number of amides is 1. The first-order valence-corrected chi connectivity index (χ1v) is 6.45. The molecule has 0 saturated carbocycles. The number of carbonyl (C=O) groups excluding carboxylic acids is 2. The summed E-state index contributed by atoms with van der Waals surface area (Å²) in [6.45, 7) is 0.461. The minimum atomic E-state index is -0.369. The van der Waals surface area contributed by atoms with Gasteiger partial charge in [0.1, 0.15) is 11.1 Å². The highest BCUT2D eigenvalue weighted by Gasteiger charge is 2.29. The highest BCUT2D eigenvalue weighted by atomic mass is 32.2. The summed E-state index contributed by atoms with van der Waals surface area (Å²) in [5.41, 5.74) is 5.08. The molecule has 0 bridgehead atoms. The van der Waals surface area contributed by atoms with Gasteiger partial charge in [0, 0.05) is 26.3 Å². The van der Waals surface area contributed by atoms with Crippen LogP contribution in [0.15, 0.2) is 5.16 Å². The number of aryl methyl sites for hydroxylation is 1. The largest absolute Gasteiger partial charge is 0.465 e. The Hall–Kier alpha value is -1.57. The molecule has 7 nitrogen and oxygen atoms in total. The number of esters is 1. The number of cyclic esters (lactones) is 1. The number of aromatic nitrogens is 3. The molecule has 0 radical (unpaired) electrons. The Morgan fingerprint density at radius 1 is 1.61 bits per heavy atom. The third-order valence-electron chi connectivity index (χ3n) is 2.66. The molecule has 0 aliphatic carbocycles. The highest BCUT2D eigenvalue weighted by molar-refractivity contribution is 8.00. The van der Waals surface area contributed by atoms with E-state index in [4.69, 9.17) is 10.5 Å². The van der Waals surface area contributed by atoms with Crippen LogP contribution in [0.1, 0.15) is 18.7 Å². The van der Waals surface area contributed by atoms with Gasteiger partial charge in [0.2, 0.25) is 5.91 Å². The fraction of sp³-hybridized carbons (Fsp3) is 0.600. The van der Waals surface area contributed by atoms with E-state index in [2.05, 4.69) is 10.2 Å². The van der Waals surface area contributed by atoms with Crippen LogP contribution in [0.4, 0.5) is 0 Å². The first-order valence-electron chi connectivity index (χ1n) is 5.58. The van der Waals surface area contributed by atoms with Crippen LogP contribution in [-0.2, 0) is 27.8 Å². The predicted molar refractivity (Wildman–Crippen MR) is 63.7 cm³/mol. The molecule has 2 N–H and O–H groups in total. The van der Waals surface area contributed by atoms with Gasteiger partial charge in [-0.15, -0.1) is 10.2 Å². The van der Waals surface area contributed by atoms with E-state index in [0.717, 1.165) is 0 Å². The highest BCUT2D eigenvalue weighted by Crippen LogP contribution is 2.28. The Morgan fingerprint density at radius 3 is 3.00 bits per heavy atom. The van der Waals surface area contributed by atoms with Gasteiger partial charge >= 0.3 is 5.97 Å². The minimum absolute atomic E-state index is 0.207. The van der Waals surface area contributed by atoms with Gasteiger partial charge < -0.3 is 15.0 Å². The van der Waals surface area contributed by atoms with Crippen molar-refractivity contribution in [2.24, 2.45) is 12.8 Å². The summed E-state index contributed by atoms with van der Waals surface area (Å²) in [5.74, 6) is 0.107. The molecule has 2 heterocycles. The molecule has 1 saturated heterocycles.